The standard InChI is InChI=1S/C10H10ClN3O2/c1-5-8-9(11)6(3-7(15)16)4-12-10(8)14(2)13-5/h4H,3H2,1-2H3,(H,15,16). The van der Waals surface area contributed by atoms with Crippen LogP contribution in [0.2, 0.25) is 5.02 Å². The third-order valence-corrected chi connectivity index (χ3v) is 2.81. The number of carboxylic acid groups (broad SMARTS) is 1. The molecule has 0 saturated heterocycles. The van der Waals surface area contributed by atoms with E-state index in [1.165, 1.54) is 6.20 Å². The van der Waals surface area contributed by atoms with Crippen LogP contribution >= 0.6 is 11.6 Å². The molecule has 6 heteroatoms. The molecular formula is C10H10ClN3O2. The molecule has 0 aliphatic rings. The average molecular weight is 240 g/mol. The summed E-state index contributed by atoms with van der Waals surface area (Å²) >= 11 is 6.15. The summed E-state index contributed by atoms with van der Waals surface area (Å²) in [6.07, 6.45) is 1.36. The quantitative estimate of drug-likeness (QED) is 0.864. The molecule has 0 bridgehead atoms. The van der Waals surface area contributed by atoms with Crippen LogP contribution in [0.4, 0.5) is 0 Å². The zero-order valence-electron chi connectivity index (χ0n) is 8.86. The average Bonchev–Trinajstić information content (AvgIpc) is 2.46. The monoisotopic (exact) mass is 239 g/mol. The summed E-state index contributed by atoms with van der Waals surface area (Å²) in [5.41, 5.74) is 1.93. The van der Waals surface area contributed by atoms with Gasteiger partial charge in [-0.3, -0.25) is 9.48 Å². The maximum atomic E-state index is 10.6. The Bertz CT molecular complexity index is 577. The van der Waals surface area contributed by atoms with E-state index in [-0.39, 0.29) is 6.42 Å². The Labute approximate surface area is 96.7 Å². The fraction of sp³-hybridized carbons (Fsp3) is 0.300. The van der Waals surface area contributed by atoms with E-state index in [9.17, 15) is 4.79 Å². The smallest absolute Gasteiger partial charge is 0.307 e. The molecule has 0 atom stereocenters. The Morgan fingerprint density at radius 1 is 1.62 bits per heavy atom. The van der Waals surface area contributed by atoms with E-state index in [0.29, 0.717) is 16.2 Å². The van der Waals surface area contributed by atoms with E-state index in [2.05, 4.69) is 10.1 Å². The molecule has 16 heavy (non-hydrogen) atoms. The molecule has 84 valence electrons. The van der Waals surface area contributed by atoms with Gasteiger partial charge in [0.1, 0.15) is 0 Å². The van der Waals surface area contributed by atoms with Gasteiger partial charge >= 0.3 is 5.97 Å². The molecule has 0 aliphatic heterocycles. The molecular weight excluding hydrogens is 230 g/mol. The SMILES string of the molecule is Cc1nn(C)c2ncc(CC(=O)O)c(Cl)c12. The minimum atomic E-state index is -0.926. The minimum absolute atomic E-state index is 0.129. The van der Waals surface area contributed by atoms with E-state index < -0.39 is 5.97 Å². The highest BCUT2D eigenvalue weighted by atomic mass is 35.5. The first kappa shape index (κ1) is 10.9. The number of pyridine rings is 1. The van der Waals surface area contributed by atoms with Crippen molar-refractivity contribution < 1.29 is 9.90 Å². The number of fused-ring (bicyclic) bond motifs is 1. The number of halogens is 1. The van der Waals surface area contributed by atoms with Gasteiger partial charge in [-0.2, -0.15) is 5.10 Å². The van der Waals surface area contributed by atoms with Gasteiger partial charge in [0.15, 0.2) is 5.65 Å². The second-order valence-electron chi connectivity index (χ2n) is 3.58. The van der Waals surface area contributed by atoms with Gasteiger partial charge < -0.3 is 5.11 Å². The van der Waals surface area contributed by atoms with Crippen LogP contribution in [0.1, 0.15) is 11.3 Å². The van der Waals surface area contributed by atoms with Crippen molar-refractivity contribution in [1.82, 2.24) is 14.8 Å². The van der Waals surface area contributed by atoms with Crippen LogP contribution in [-0.4, -0.2) is 25.8 Å². The number of aryl methyl sites for hydroxylation is 2. The van der Waals surface area contributed by atoms with Crippen molar-refractivity contribution in [1.29, 1.82) is 0 Å². The summed E-state index contributed by atoms with van der Waals surface area (Å²) in [6.45, 7) is 1.82. The molecule has 0 fully saturated rings. The largest absolute Gasteiger partial charge is 0.481 e. The molecule has 0 radical (unpaired) electrons. The summed E-state index contributed by atoms with van der Waals surface area (Å²) in [4.78, 5) is 14.8. The van der Waals surface area contributed by atoms with Crippen LogP contribution in [0.25, 0.3) is 11.0 Å². The normalized spacial score (nSPS) is 10.9. The lowest BCUT2D eigenvalue weighted by atomic mass is 10.1. The van der Waals surface area contributed by atoms with Crippen LogP contribution in [-0.2, 0) is 18.3 Å². The predicted octanol–water partition coefficient (Wildman–Crippen LogP) is 1.56. The first-order valence-corrected chi connectivity index (χ1v) is 5.07. The lowest BCUT2D eigenvalue weighted by Gasteiger charge is -2.02. The Kier molecular flexibility index (Phi) is 2.55. The first-order chi connectivity index (χ1) is 7.50. The molecule has 1 N–H and O–H groups in total. The van der Waals surface area contributed by atoms with Crippen molar-refractivity contribution in [2.45, 2.75) is 13.3 Å². The van der Waals surface area contributed by atoms with Crippen molar-refractivity contribution in [2.24, 2.45) is 7.05 Å². The number of aromatic nitrogens is 3. The minimum Gasteiger partial charge on any atom is -0.481 e. The Hall–Kier alpha value is -1.62. The molecule has 5 nitrogen and oxygen atoms in total. The molecule has 0 amide bonds. The van der Waals surface area contributed by atoms with Gasteiger partial charge in [-0.25, -0.2) is 4.98 Å². The van der Waals surface area contributed by atoms with E-state index >= 15 is 0 Å². The molecule has 2 aromatic rings. The van der Waals surface area contributed by atoms with Gasteiger partial charge in [-0.15, -0.1) is 0 Å². The number of rotatable bonds is 2. The maximum absolute atomic E-state index is 10.6. The van der Waals surface area contributed by atoms with Gasteiger partial charge in [-0.05, 0) is 6.92 Å². The van der Waals surface area contributed by atoms with Crippen molar-refractivity contribution in [2.75, 3.05) is 0 Å². The Morgan fingerprint density at radius 3 is 2.94 bits per heavy atom. The second kappa shape index (κ2) is 3.75. The van der Waals surface area contributed by atoms with E-state index in [0.717, 1.165) is 11.1 Å². The van der Waals surface area contributed by atoms with Gasteiger partial charge in [0.2, 0.25) is 0 Å². The number of carboxylic acids is 1. The maximum Gasteiger partial charge on any atom is 0.307 e. The van der Waals surface area contributed by atoms with Crippen LogP contribution in [0.5, 0.6) is 0 Å². The van der Waals surface area contributed by atoms with Gasteiger partial charge in [0.05, 0.1) is 22.5 Å². The zero-order valence-corrected chi connectivity index (χ0v) is 9.62. The number of hydrogen-bond donors (Lipinski definition) is 1. The van der Waals surface area contributed by atoms with Crippen molar-refractivity contribution in [3.63, 3.8) is 0 Å². The van der Waals surface area contributed by atoms with Crippen LogP contribution in [0.15, 0.2) is 6.20 Å². The van der Waals surface area contributed by atoms with Gasteiger partial charge in [-0.1, -0.05) is 11.6 Å². The van der Waals surface area contributed by atoms with Crippen LogP contribution in [0.3, 0.4) is 0 Å². The summed E-state index contributed by atoms with van der Waals surface area (Å²) < 4.78 is 1.63. The van der Waals surface area contributed by atoms with E-state index in [4.69, 9.17) is 16.7 Å². The number of aliphatic carboxylic acids is 1. The number of carbonyl (C=O) groups is 1. The van der Waals surface area contributed by atoms with Gasteiger partial charge in [0.25, 0.3) is 0 Å². The van der Waals surface area contributed by atoms with Crippen LogP contribution < -0.4 is 0 Å². The number of nitrogens with zero attached hydrogens (tertiary/aromatic N) is 3. The topological polar surface area (TPSA) is 68.0 Å². The van der Waals surface area contributed by atoms with E-state index in [1.54, 1.807) is 11.7 Å². The van der Waals surface area contributed by atoms with Crippen molar-refractivity contribution >= 4 is 28.6 Å². The third-order valence-electron chi connectivity index (χ3n) is 2.38. The second-order valence-corrected chi connectivity index (χ2v) is 3.95. The van der Waals surface area contributed by atoms with Crippen molar-refractivity contribution in [3.05, 3.63) is 22.5 Å². The highest BCUT2D eigenvalue weighted by molar-refractivity contribution is 6.36. The number of hydrogen-bond acceptors (Lipinski definition) is 3. The summed E-state index contributed by atoms with van der Waals surface area (Å²) in [7, 11) is 1.77. The lowest BCUT2D eigenvalue weighted by Crippen LogP contribution is -2.02. The molecule has 0 unspecified atom stereocenters. The fourth-order valence-corrected chi connectivity index (χ4v) is 2.03. The van der Waals surface area contributed by atoms with Gasteiger partial charge in [0, 0.05) is 18.8 Å². The fourth-order valence-electron chi connectivity index (χ4n) is 1.69. The Balaban J connectivity index is 2.69. The molecule has 0 spiro atoms. The lowest BCUT2D eigenvalue weighted by molar-refractivity contribution is -0.136. The van der Waals surface area contributed by atoms with Crippen LogP contribution in [0, 0.1) is 6.92 Å². The third kappa shape index (κ3) is 1.63. The molecule has 2 heterocycles. The molecule has 0 aromatic carbocycles. The highest BCUT2D eigenvalue weighted by Gasteiger charge is 2.15. The molecule has 0 saturated carbocycles. The molecule has 0 aliphatic carbocycles. The zero-order chi connectivity index (χ0) is 11.9. The Morgan fingerprint density at radius 2 is 2.31 bits per heavy atom. The van der Waals surface area contributed by atoms with E-state index in [1.807, 2.05) is 6.92 Å². The highest BCUT2D eigenvalue weighted by Crippen LogP contribution is 2.28. The summed E-state index contributed by atoms with van der Waals surface area (Å²) in [5.74, 6) is -0.926. The summed E-state index contributed by atoms with van der Waals surface area (Å²) in [5, 5.41) is 14.1. The summed E-state index contributed by atoms with van der Waals surface area (Å²) in [6, 6.07) is 0. The molecule has 2 rings (SSSR count). The van der Waals surface area contributed by atoms with Crippen molar-refractivity contribution in [3.8, 4) is 0 Å². The first-order valence-electron chi connectivity index (χ1n) is 4.69. The predicted molar refractivity (Wildman–Crippen MR) is 59.6 cm³/mol. The molecule has 2 aromatic heterocycles.